The molecule has 0 aromatic heterocycles. The second-order valence-corrected chi connectivity index (χ2v) is 7.13. The molecule has 0 atom stereocenters. The second kappa shape index (κ2) is 8.72. The lowest BCUT2D eigenvalue weighted by Gasteiger charge is -2.27. The standard InChI is InChI=1S/C24H28N2/c1-4-5-6-9-16-26-23-11-8-7-10-21(23)13-14-22-18-20(12-15-24(22)26)17-19(2)25-3/h7-8,10-12,15,17-18H,4-6,9,13-14,16H2,1-2H3/b19-17-. The van der Waals surface area contributed by atoms with Crippen molar-refractivity contribution < 1.29 is 0 Å². The largest absolute Gasteiger partial charge is 0.341 e. The first kappa shape index (κ1) is 18.3. The molecule has 0 radical (unpaired) electrons. The van der Waals surface area contributed by atoms with E-state index in [1.165, 1.54) is 48.2 Å². The minimum Gasteiger partial charge on any atom is -0.341 e. The monoisotopic (exact) mass is 344 g/mol. The molecule has 2 nitrogen and oxygen atoms in total. The molecule has 1 aliphatic rings. The maximum atomic E-state index is 7.16. The highest BCUT2D eigenvalue weighted by molar-refractivity contribution is 5.73. The molecule has 1 heterocycles. The molecule has 0 saturated heterocycles. The van der Waals surface area contributed by atoms with Gasteiger partial charge in [0.1, 0.15) is 0 Å². The summed E-state index contributed by atoms with van der Waals surface area (Å²) in [6.45, 7) is 12.4. The summed E-state index contributed by atoms with van der Waals surface area (Å²) in [5.74, 6) is 0. The fourth-order valence-electron chi connectivity index (χ4n) is 3.75. The van der Waals surface area contributed by atoms with Gasteiger partial charge in [-0.3, -0.25) is 0 Å². The Morgan fingerprint density at radius 3 is 2.62 bits per heavy atom. The summed E-state index contributed by atoms with van der Waals surface area (Å²) in [5.41, 5.74) is 7.40. The fraction of sp³-hybridized carbons (Fsp3) is 0.375. The van der Waals surface area contributed by atoms with Gasteiger partial charge in [-0.1, -0.05) is 62.6 Å². The summed E-state index contributed by atoms with van der Waals surface area (Å²) in [4.78, 5) is 6.04. The number of benzene rings is 2. The molecule has 0 saturated carbocycles. The van der Waals surface area contributed by atoms with Gasteiger partial charge in [-0.05, 0) is 55.0 Å². The van der Waals surface area contributed by atoms with Gasteiger partial charge >= 0.3 is 0 Å². The van der Waals surface area contributed by atoms with Gasteiger partial charge in [0.2, 0.25) is 0 Å². The Bertz CT molecular complexity index is 826. The zero-order valence-corrected chi connectivity index (χ0v) is 16.0. The topological polar surface area (TPSA) is 7.60 Å². The van der Waals surface area contributed by atoms with E-state index in [0.29, 0.717) is 0 Å². The number of hydrogen-bond acceptors (Lipinski definition) is 1. The van der Waals surface area contributed by atoms with Gasteiger partial charge in [0.25, 0.3) is 0 Å². The molecule has 0 unspecified atom stereocenters. The quantitative estimate of drug-likeness (QED) is 0.414. The Balaban J connectivity index is 1.96. The van der Waals surface area contributed by atoms with Gasteiger partial charge in [-0.2, -0.15) is 0 Å². The van der Waals surface area contributed by atoms with Crippen LogP contribution in [0.3, 0.4) is 0 Å². The molecular weight excluding hydrogens is 316 g/mol. The second-order valence-electron chi connectivity index (χ2n) is 7.13. The van der Waals surface area contributed by atoms with Crippen LogP contribution < -0.4 is 4.90 Å². The molecule has 0 N–H and O–H groups in total. The van der Waals surface area contributed by atoms with Crippen molar-refractivity contribution in [3.63, 3.8) is 0 Å². The van der Waals surface area contributed by atoms with Crippen LogP contribution in [-0.4, -0.2) is 6.54 Å². The van der Waals surface area contributed by atoms with Crippen LogP contribution in [-0.2, 0) is 12.8 Å². The molecule has 134 valence electrons. The third-order valence-electron chi connectivity index (χ3n) is 5.13. The summed E-state index contributed by atoms with van der Waals surface area (Å²) in [7, 11) is 0. The van der Waals surface area contributed by atoms with Gasteiger partial charge in [0, 0.05) is 17.9 Å². The van der Waals surface area contributed by atoms with Crippen LogP contribution in [0.25, 0.3) is 10.9 Å². The molecule has 0 amide bonds. The number of aryl methyl sites for hydroxylation is 2. The molecule has 1 aliphatic heterocycles. The Morgan fingerprint density at radius 2 is 1.81 bits per heavy atom. The van der Waals surface area contributed by atoms with E-state index < -0.39 is 0 Å². The molecule has 2 aromatic carbocycles. The van der Waals surface area contributed by atoms with Crippen molar-refractivity contribution in [2.24, 2.45) is 0 Å². The van der Waals surface area contributed by atoms with Crippen molar-refractivity contribution in [2.45, 2.75) is 52.4 Å². The lowest BCUT2D eigenvalue weighted by Crippen LogP contribution is -2.19. The molecule has 2 aromatic rings. The SMILES string of the molecule is [C-]#[N+]/C(C)=C\c1ccc2c(c1)CCc1ccccc1N2CCCCCC. The summed E-state index contributed by atoms with van der Waals surface area (Å²) >= 11 is 0. The minimum atomic E-state index is 0.735. The lowest BCUT2D eigenvalue weighted by atomic mass is 10.0. The van der Waals surface area contributed by atoms with E-state index in [2.05, 4.69) is 59.1 Å². The smallest absolute Gasteiger partial charge is 0.163 e. The lowest BCUT2D eigenvalue weighted by molar-refractivity contribution is 0.668. The average molecular weight is 345 g/mol. The number of anilines is 2. The Kier molecular flexibility index (Phi) is 6.12. The van der Waals surface area contributed by atoms with Crippen molar-refractivity contribution in [3.8, 4) is 0 Å². The predicted octanol–water partition coefficient (Wildman–Crippen LogP) is 6.78. The van der Waals surface area contributed by atoms with Gasteiger partial charge in [0.15, 0.2) is 5.70 Å². The first-order valence-corrected chi connectivity index (χ1v) is 9.77. The first-order valence-electron chi connectivity index (χ1n) is 9.77. The molecule has 3 rings (SSSR count). The first-order chi connectivity index (χ1) is 12.7. The van der Waals surface area contributed by atoms with Crippen molar-refractivity contribution in [2.75, 3.05) is 11.4 Å². The van der Waals surface area contributed by atoms with E-state index in [0.717, 1.165) is 30.6 Å². The summed E-state index contributed by atoms with van der Waals surface area (Å²) in [5, 5.41) is 0. The van der Waals surface area contributed by atoms with Gasteiger partial charge in [0.05, 0.1) is 6.57 Å². The average Bonchev–Trinajstić information content (AvgIpc) is 2.82. The maximum Gasteiger partial charge on any atom is 0.163 e. The Morgan fingerprint density at radius 1 is 1.04 bits per heavy atom. The van der Waals surface area contributed by atoms with E-state index in [1.54, 1.807) is 0 Å². The van der Waals surface area contributed by atoms with Crippen LogP contribution in [0, 0.1) is 6.57 Å². The van der Waals surface area contributed by atoms with Gasteiger partial charge in [-0.15, -0.1) is 0 Å². The third-order valence-corrected chi connectivity index (χ3v) is 5.13. The third kappa shape index (κ3) is 4.17. The molecular formula is C24H28N2. The number of hydrogen-bond donors (Lipinski definition) is 0. The maximum absolute atomic E-state index is 7.16. The number of fused-ring (bicyclic) bond motifs is 2. The summed E-state index contributed by atoms with van der Waals surface area (Å²) < 4.78 is 0. The van der Waals surface area contributed by atoms with Gasteiger partial charge < -0.3 is 4.90 Å². The van der Waals surface area contributed by atoms with E-state index in [1.807, 2.05) is 13.0 Å². The molecule has 0 bridgehead atoms. The fourth-order valence-corrected chi connectivity index (χ4v) is 3.75. The van der Waals surface area contributed by atoms with Gasteiger partial charge in [-0.25, -0.2) is 4.85 Å². The van der Waals surface area contributed by atoms with E-state index in [-0.39, 0.29) is 0 Å². The Labute approximate surface area is 158 Å². The highest BCUT2D eigenvalue weighted by Gasteiger charge is 2.20. The molecule has 0 spiro atoms. The summed E-state index contributed by atoms with van der Waals surface area (Å²) in [6.07, 6.45) is 9.19. The van der Waals surface area contributed by atoms with Crippen LogP contribution in [0.2, 0.25) is 0 Å². The molecule has 0 aliphatic carbocycles. The normalized spacial score (nSPS) is 13.6. The van der Waals surface area contributed by atoms with Crippen molar-refractivity contribution >= 4 is 17.5 Å². The van der Waals surface area contributed by atoms with Crippen molar-refractivity contribution in [3.05, 3.63) is 76.3 Å². The zero-order chi connectivity index (χ0) is 18.4. The predicted molar refractivity (Wildman–Crippen MR) is 112 cm³/mol. The zero-order valence-electron chi connectivity index (χ0n) is 16.0. The minimum absolute atomic E-state index is 0.735. The number of unbranched alkanes of at least 4 members (excludes halogenated alkanes) is 3. The number of rotatable bonds is 6. The van der Waals surface area contributed by atoms with Crippen molar-refractivity contribution in [1.29, 1.82) is 0 Å². The molecule has 0 fully saturated rings. The number of nitrogens with zero attached hydrogens (tertiary/aromatic N) is 2. The van der Waals surface area contributed by atoms with Crippen LogP contribution in [0.4, 0.5) is 11.4 Å². The number of allylic oxidation sites excluding steroid dienone is 1. The van der Waals surface area contributed by atoms with Crippen LogP contribution in [0.5, 0.6) is 0 Å². The van der Waals surface area contributed by atoms with E-state index in [4.69, 9.17) is 6.57 Å². The molecule has 2 heteroatoms. The summed E-state index contributed by atoms with van der Waals surface area (Å²) in [6, 6.07) is 15.5. The number of para-hydroxylation sites is 1. The van der Waals surface area contributed by atoms with Crippen LogP contribution in [0.1, 0.15) is 56.2 Å². The van der Waals surface area contributed by atoms with Crippen LogP contribution in [0.15, 0.2) is 48.2 Å². The van der Waals surface area contributed by atoms with E-state index in [9.17, 15) is 0 Å². The molecule has 26 heavy (non-hydrogen) atoms. The Hall–Kier alpha value is -2.53. The van der Waals surface area contributed by atoms with E-state index >= 15 is 0 Å². The highest BCUT2D eigenvalue weighted by Crippen LogP contribution is 2.37. The van der Waals surface area contributed by atoms with Crippen LogP contribution >= 0.6 is 0 Å². The van der Waals surface area contributed by atoms with Crippen molar-refractivity contribution in [1.82, 2.24) is 0 Å². The highest BCUT2D eigenvalue weighted by atomic mass is 15.1.